The van der Waals surface area contributed by atoms with Gasteiger partial charge in [0.05, 0.1) is 12.1 Å². The Hall–Kier alpha value is -1.85. The lowest BCUT2D eigenvalue weighted by molar-refractivity contribution is 0.0895. The molecule has 2 unspecified atom stereocenters. The SMILES string of the molecule is Cc1cccc(C(NC(=O)c2ccn(C3CCCNC3)n2)C(C)(C)C)c1.Cl. The van der Waals surface area contributed by atoms with Crippen LogP contribution in [0.4, 0.5) is 0 Å². The van der Waals surface area contributed by atoms with Gasteiger partial charge in [-0.3, -0.25) is 9.48 Å². The molecule has 1 aromatic heterocycles. The molecular weight excluding hydrogens is 360 g/mol. The lowest BCUT2D eigenvalue weighted by Gasteiger charge is -2.32. The molecule has 0 radical (unpaired) electrons. The molecule has 0 bridgehead atoms. The quantitative estimate of drug-likeness (QED) is 0.827. The van der Waals surface area contributed by atoms with Gasteiger partial charge in [0.1, 0.15) is 5.69 Å². The highest BCUT2D eigenvalue weighted by Gasteiger charge is 2.29. The van der Waals surface area contributed by atoms with E-state index in [9.17, 15) is 4.79 Å². The molecule has 2 atom stereocenters. The molecule has 2 aromatic rings. The van der Waals surface area contributed by atoms with Gasteiger partial charge in [-0.2, -0.15) is 5.10 Å². The predicted molar refractivity (Wildman–Crippen MR) is 111 cm³/mol. The van der Waals surface area contributed by atoms with Crippen molar-refractivity contribution in [1.29, 1.82) is 0 Å². The Labute approximate surface area is 168 Å². The van der Waals surface area contributed by atoms with E-state index in [1.165, 1.54) is 5.56 Å². The van der Waals surface area contributed by atoms with Crippen LogP contribution in [0.2, 0.25) is 0 Å². The molecule has 1 saturated heterocycles. The maximum atomic E-state index is 12.9. The molecule has 5 nitrogen and oxygen atoms in total. The fraction of sp³-hybridized carbons (Fsp3) is 0.524. The van der Waals surface area contributed by atoms with E-state index in [0.717, 1.165) is 31.5 Å². The number of nitrogens with zero attached hydrogens (tertiary/aromatic N) is 2. The largest absolute Gasteiger partial charge is 0.343 e. The van der Waals surface area contributed by atoms with Gasteiger partial charge in [-0.05, 0) is 43.4 Å². The molecule has 6 heteroatoms. The number of aromatic nitrogens is 2. The van der Waals surface area contributed by atoms with Crippen LogP contribution in [-0.2, 0) is 0 Å². The zero-order chi connectivity index (χ0) is 18.7. The van der Waals surface area contributed by atoms with Gasteiger partial charge in [0.2, 0.25) is 0 Å². The minimum Gasteiger partial charge on any atom is -0.343 e. The fourth-order valence-corrected chi connectivity index (χ4v) is 3.58. The van der Waals surface area contributed by atoms with E-state index in [2.05, 4.69) is 61.6 Å². The zero-order valence-corrected chi connectivity index (χ0v) is 17.5. The molecule has 1 aromatic carbocycles. The summed E-state index contributed by atoms with van der Waals surface area (Å²) >= 11 is 0. The second-order valence-electron chi connectivity index (χ2n) is 8.37. The van der Waals surface area contributed by atoms with Crippen LogP contribution < -0.4 is 10.6 Å². The Bertz CT molecular complexity index is 760. The van der Waals surface area contributed by atoms with Gasteiger partial charge in [0.25, 0.3) is 5.91 Å². The van der Waals surface area contributed by atoms with E-state index in [1.807, 2.05) is 23.0 Å². The third-order valence-electron chi connectivity index (χ3n) is 5.00. The molecular formula is C21H31ClN4O. The smallest absolute Gasteiger partial charge is 0.272 e. The molecule has 27 heavy (non-hydrogen) atoms. The number of nitrogens with one attached hydrogen (secondary N) is 2. The molecule has 1 amide bonds. The normalized spacial score (nSPS) is 18.4. The minimum absolute atomic E-state index is 0. The first-order chi connectivity index (χ1) is 12.3. The molecule has 1 fully saturated rings. The van der Waals surface area contributed by atoms with Crippen molar-refractivity contribution in [2.24, 2.45) is 5.41 Å². The number of hydrogen-bond donors (Lipinski definition) is 2. The first kappa shape index (κ1) is 21.5. The monoisotopic (exact) mass is 390 g/mol. The third kappa shape index (κ3) is 5.33. The summed E-state index contributed by atoms with van der Waals surface area (Å²) < 4.78 is 1.93. The molecule has 0 aliphatic carbocycles. The number of amides is 1. The summed E-state index contributed by atoms with van der Waals surface area (Å²) in [5.74, 6) is -0.117. The molecule has 2 heterocycles. The Balaban J connectivity index is 0.00000261. The second-order valence-corrected chi connectivity index (χ2v) is 8.37. The highest BCUT2D eigenvalue weighted by Crippen LogP contribution is 2.33. The molecule has 0 spiro atoms. The van der Waals surface area contributed by atoms with Gasteiger partial charge >= 0.3 is 0 Å². The van der Waals surface area contributed by atoms with Crippen LogP contribution in [0.25, 0.3) is 0 Å². The average Bonchev–Trinajstić information content (AvgIpc) is 3.09. The molecule has 1 aliphatic rings. The van der Waals surface area contributed by atoms with Crippen molar-refractivity contribution in [1.82, 2.24) is 20.4 Å². The van der Waals surface area contributed by atoms with Crippen molar-refractivity contribution >= 4 is 18.3 Å². The first-order valence-electron chi connectivity index (χ1n) is 9.48. The third-order valence-corrected chi connectivity index (χ3v) is 5.00. The topological polar surface area (TPSA) is 59.0 Å². The van der Waals surface area contributed by atoms with E-state index in [0.29, 0.717) is 11.7 Å². The highest BCUT2D eigenvalue weighted by atomic mass is 35.5. The number of piperidine rings is 1. The van der Waals surface area contributed by atoms with E-state index >= 15 is 0 Å². The predicted octanol–water partition coefficient (Wildman–Crippen LogP) is 4.06. The van der Waals surface area contributed by atoms with Gasteiger partial charge < -0.3 is 10.6 Å². The lowest BCUT2D eigenvalue weighted by Crippen LogP contribution is -2.37. The number of aryl methyl sites for hydroxylation is 1. The minimum atomic E-state index is -0.117. The zero-order valence-electron chi connectivity index (χ0n) is 16.7. The summed E-state index contributed by atoms with van der Waals surface area (Å²) in [6.45, 7) is 10.5. The number of carbonyl (C=O) groups excluding carboxylic acids is 1. The van der Waals surface area contributed by atoms with Crippen molar-refractivity contribution < 1.29 is 4.79 Å². The maximum Gasteiger partial charge on any atom is 0.272 e. The lowest BCUT2D eigenvalue weighted by atomic mass is 9.82. The first-order valence-corrected chi connectivity index (χ1v) is 9.48. The number of benzene rings is 1. The van der Waals surface area contributed by atoms with Crippen molar-refractivity contribution in [2.45, 2.75) is 52.6 Å². The molecule has 1 aliphatic heterocycles. The van der Waals surface area contributed by atoms with Gasteiger partial charge in [0.15, 0.2) is 0 Å². The van der Waals surface area contributed by atoms with E-state index in [-0.39, 0.29) is 29.8 Å². The van der Waals surface area contributed by atoms with Crippen LogP contribution in [0.15, 0.2) is 36.5 Å². The number of rotatable bonds is 4. The molecule has 148 valence electrons. The van der Waals surface area contributed by atoms with Crippen LogP contribution >= 0.6 is 12.4 Å². The van der Waals surface area contributed by atoms with E-state index < -0.39 is 0 Å². The summed E-state index contributed by atoms with van der Waals surface area (Å²) in [7, 11) is 0. The van der Waals surface area contributed by atoms with E-state index in [1.54, 1.807) is 0 Å². The Morgan fingerprint density at radius 1 is 1.33 bits per heavy atom. The maximum absolute atomic E-state index is 12.9. The van der Waals surface area contributed by atoms with Gasteiger partial charge in [-0.25, -0.2) is 0 Å². The number of halogens is 1. The van der Waals surface area contributed by atoms with Crippen molar-refractivity contribution in [3.63, 3.8) is 0 Å². The molecule has 3 rings (SSSR count). The average molecular weight is 391 g/mol. The van der Waals surface area contributed by atoms with Crippen molar-refractivity contribution in [3.8, 4) is 0 Å². The summed E-state index contributed by atoms with van der Waals surface area (Å²) in [5.41, 5.74) is 2.71. The standard InChI is InChI=1S/C21H30N4O.ClH/c1-15-7-5-8-16(13-15)19(21(2,3)4)23-20(26)18-10-12-25(24-18)17-9-6-11-22-14-17;/h5,7-8,10,12-13,17,19,22H,6,9,11,14H2,1-4H3,(H,23,26);1H. The molecule has 2 N–H and O–H groups in total. The summed E-state index contributed by atoms with van der Waals surface area (Å²) in [6, 6.07) is 10.4. The van der Waals surface area contributed by atoms with Gasteiger partial charge in [0, 0.05) is 12.7 Å². The van der Waals surface area contributed by atoms with Crippen LogP contribution in [-0.4, -0.2) is 28.8 Å². The van der Waals surface area contributed by atoms with Crippen LogP contribution in [0.1, 0.15) is 67.3 Å². The Morgan fingerprint density at radius 2 is 2.11 bits per heavy atom. The number of hydrogen-bond acceptors (Lipinski definition) is 3. The second kappa shape index (κ2) is 8.89. The number of carbonyl (C=O) groups is 1. The Morgan fingerprint density at radius 3 is 2.74 bits per heavy atom. The highest BCUT2D eigenvalue weighted by molar-refractivity contribution is 5.92. The summed E-state index contributed by atoms with van der Waals surface area (Å²) in [6.07, 6.45) is 4.17. The molecule has 0 saturated carbocycles. The van der Waals surface area contributed by atoms with E-state index in [4.69, 9.17) is 0 Å². The fourth-order valence-electron chi connectivity index (χ4n) is 3.58. The van der Waals surface area contributed by atoms with Crippen molar-refractivity contribution in [2.75, 3.05) is 13.1 Å². The van der Waals surface area contributed by atoms with Crippen LogP contribution in [0, 0.1) is 12.3 Å². The van der Waals surface area contributed by atoms with Gasteiger partial charge in [-0.1, -0.05) is 50.6 Å². The van der Waals surface area contributed by atoms with Gasteiger partial charge in [-0.15, -0.1) is 12.4 Å². The Kier molecular flexibility index (Phi) is 7.06. The van der Waals surface area contributed by atoms with Crippen LogP contribution in [0.3, 0.4) is 0 Å². The summed E-state index contributed by atoms with van der Waals surface area (Å²) in [5, 5.41) is 11.1. The van der Waals surface area contributed by atoms with Crippen LogP contribution in [0.5, 0.6) is 0 Å². The van der Waals surface area contributed by atoms with Crippen molar-refractivity contribution in [3.05, 3.63) is 53.3 Å². The summed E-state index contributed by atoms with van der Waals surface area (Å²) in [4.78, 5) is 12.9.